The number of nitrogens with zero attached hydrogens (tertiary/aromatic N) is 2. The van der Waals surface area contributed by atoms with Crippen LogP contribution in [0.2, 0.25) is 0 Å². The van der Waals surface area contributed by atoms with Gasteiger partial charge in [-0.1, -0.05) is 60.1 Å². The second-order valence-electron chi connectivity index (χ2n) is 10.2. The Bertz CT molecular complexity index is 1690. The van der Waals surface area contributed by atoms with Gasteiger partial charge in [-0.25, -0.2) is 19.2 Å². The summed E-state index contributed by atoms with van der Waals surface area (Å²) in [6.45, 7) is 2.74. The zero-order valence-corrected chi connectivity index (χ0v) is 24.1. The molecule has 0 bridgehead atoms. The topological polar surface area (TPSA) is 117 Å². The number of hydrogen-bond acceptors (Lipinski definition) is 6. The summed E-state index contributed by atoms with van der Waals surface area (Å²) in [4.78, 5) is 57.4. The van der Waals surface area contributed by atoms with Crippen molar-refractivity contribution in [2.24, 2.45) is 0 Å². The van der Waals surface area contributed by atoms with Crippen molar-refractivity contribution in [1.82, 2.24) is 20.4 Å². The van der Waals surface area contributed by atoms with Crippen LogP contribution >= 0.6 is 0 Å². The summed E-state index contributed by atoms with van der Waals surface area (Å²) in [7, 11) is 0. The Balaban J connectivity index is 1.58. The van der Waals surface area contributed by atoms with Crippen molar-refractivity contribution in [3.05, 3.63) is 106 Å². The lowest BCUT2D eigenvalue weighted by Crippen LogP contribution is -2.74. The number of ether oxygens (including phenoxy) is 2. The van der Waals surface area contributed by atoms with Crippen molar-refractivity contribution in [2.75, 3.05) is 13.2 Å². The maximum Gasteiger partial charge on any atom is 0.358 e. The van der Waals surface area contributed by atoms with Gasteiger partial charge in [0.05, 0.1) is 26.3 Å². The Morgan fingerprint density at radius 2 is 1.11 bits per heavy atom. The second-order valence-corrected chi connectivity index (χ2v) is 10.2. The third kappa shape index (κ3) is 4.31. The molecule has 3 heterocycles. The quantitative estimate of drug-likeness (QED) is 0.358. The summed E-state index contributed by atoms with van der Waals surface area (Å²) >= 11 is 0. The van der Waals surface area contributed by atoms with Gasteiger partial charge in [-0.3, -0.25) is 9.80 Å². The van der Waals surface area contributed by atoms with Crippen molar-refractivity contribution >= 4 is 24.0 Å². The first kappa shape index (κ1) is 28.4. The average molecular weight is 589 g/mol. The fraction of sp³-hybridized carbons (Fsp3) is 0.235. The predicted octanol–water partition coefficient (Wildman–Crippen LogP) is 3.07. The highest BCUT2D eigenvalue weighted by molar-refractivity contribution is 6.09. The zero-order chi connectivity index (χ0) is 30.9. The molecule has 3 aromatic rings. The largest absolute Gasteiger partial charge is 0.463 e. The minimum atomic E-state index is -2.25. The van der Waals surface area contributed by atoms with Gasteiger partial charge in [-0.15, -0.1) is 0 Å². The molecule has 220 valence electrons. The van der Waals surface area contributed by atoms with E-state index in [1.54, 1.807) is 13.8 Å². The monoisotopic (exact) mass is 588 g/mol. The molecule has 3 aliphatic heterocycles. The fourth-order valence-electron chi connectivity index (χ4n) is 5.89. The van der Waals surface area contributed by atoms with Gasteiger partial charge in [0.15, 0.2) is 0 Å². The molecule has 0 unspecified atom stereocenters. The molecule has 3 aliphatic rings. The van der Waals surface area contributed by atoms with Crippen molar-refractivity contribution in [3.8, 4) is 23.7 Å². The normalized spacial score (nSPS) is 20.9. The maximum absolute atomic E-state index is 14.0. The predicted molar refractivity (Wildman–Crippen MR) is 158 cm³/mol. The molecule has 0 spiro atoms. The first-order valence-corrected chi connectivity index (χ1v) is 14.2. The van der Waals surface area contributed by atoms with E-state index in [9.17, 15) is 19.2 Å². The summed E-state index contributed by atoms with van der Waals surface area (Å²) in [5.41, 5.74) is -0.569. The molecule has 0 atom stereocenters. The van der Waals surface area contributed by atoms with E-state index in [1.807, 2.05) is 72.8 Å². The van der Waals surface area contributed by atoms with Crippen molar-refractivity contribution < 1.29 is 28.7 Å². The van der Waals surface area contributed by atoms with Gasteiger partial charge in [0.25, 0.3) is 11.3 Å². The summed E-state index contributed by atoms with van der Waals surface area (Å²) in [6, 6.07) is 20.9. The number of esters is 2. The molecule has 6 rings (SSSR count). The molecule has 3 aromatic carbocycles. The Morgan fingerprint density at radius 3 is 1.55 bits per heavy atom. The van der Waals surface area contributed by atoms with E-state index in [4.69, 9.17) is 9.47 Å². The molecule has 10 heteroatoms. The van der Waals surface area contributed by atoms with Gasteiger partial charge in [-0.05, 0) is 61.4 Å². The zero-order valence-electron chi connectivity index (χ0n) is 24.1. The van der Waals surface area contributed by atoms with E-state index >= 15 is 0 Å². The van der Waals surface area contributed by atoms with Crippen LogP contribution in [0.3, 0.4) is 0 Å². The van der Waals surface area contributed by atoms with Crippen LogP contribution in [-0.4, -0.2) is 58.3 Å². The molecule has 2 fully saturated rings. The highest BCUT2D eigenvalue weighted by Crippen LogP contribution is 2.47. The molecule has 0 saturated carbocycles. The SMILES string of the molecule is CCOC(=O)C12NC(=O)N3Cc4c(C#Cc5ccccc5)ccc(C#Cc5ccccc5)c4CN(C(=O)N1)C32C(=O)OCC. The van der Waals surface area contributed by atoms with Gasteiger partial charge in [0.2, 0.25) is 0 Å². The molecule has 10 nitrogen and oxygen atoms in total. The van der Waals surface area contributed by atoms with Crippen LogP contribution in [0, 0.1) is 23.7 Å². The summed E-state index contributed by atoms with van der Waals surface area (Å²) < 4.78 is 10.8. The molecule has 0 radical (unpaired) electrons. The van der Waals surface area contributed by atoms with E-state index in [1.165, 1.54) is 0 Å². The van der Waals surface area contributed by atoms with E-state index in [2.05, 4.69) is 34.3 Å². The Kier molecular flexibility index (Phi) is 7.20. The van der Waals surface area contributed by atoms with E-state index in [-0.39, 0.29) is 26.3 Å². The number of urea groups is 2. The Hall–Kier alpha value is -5.74. The number of fused-ring (bicyclic) bond motifs is 1. The molecule has 4 amide bonds. The fourth-order valence-corrected chi connectivity index (χ4v) is 5.89. The number of amides is 4. The number of rotatable bonds is 4. The second kappa shape index (κ2) is 11.2. The summed E-state index contributed by atoms with van der Waals surface area (Å²) in [5, 5.41) is 5.13. The lowest BCUT2D eigenvalue weighted by atomic mass is 9.93. The Morgan fingerprint density at radius 1 is 0.682 bits per heavy atom. The number of nitrogens with one attached hydrogen (secondary N) is 2. The minimum Gasteiger partial charge on any atom is -0.463 e. The average Bonchev–Trinajstić information content (AvgIpc) is 3.32. The van der Waals surface area contributed by atoms with Crippen molar-refractivity contribution in [3.63, 3.8) is 0 Å². The highest BCUT2D eigenvalue weighted by atomic mass is 16.5. The molecular formula is C34H28N4O6. The van der Waals surface area contributed by atoms with Crippen LogP contribution in [0.15, 0.2) is 72.8 Å². The number of hydrogen-bond donors (Lipinski definition) is 2. The number of carbonyl (C=O) groups excluding carboxylic acids is 4. The molecule has 0 aliphatic carbocycles. The van der Waals surface area contributed by atoms with Crippen LogP contribution in [0.4, 0.5) is 9.59 Å². The van der Waals surface area contributed by atoms with Crippen LogP contribution in [-0.2, 0) is 32.2 Å². The van der Waals surface area contributed by atoms with E-state index in [0.717, 1.165) is 20.9 Å². The third-order valence-electron chi connectivity index (χ3n) is 7.82. The minimum absolute atomic E-state index is 0.0517. The first-order chi connectivity index (χ1) is 21.4. The van der Waals surface area contributed by atoms with E-state index in [0.29, 0.717) is 22.3 Å². The molecular weight excluding hydrogens is 560 g/mol. The number of benzene rings is 3. The lowest BCUT2D eigenvalue weighted by Gasteiger charge is -2.40. The van der Waals surface area contributed by atoms with Crippen molar-refractivity contribution in [2.45, 2.75) is 38.3 Å². The van der Waals surface area contributed by atoms with Gasteiger partial charge in [0.1, 0.15) is 0 Å². The van der Waals surface area contributed by atoms with Crippen LogP contribution in [0.1, 0.15) is 47.2 Å². The van der Waals surface area contributed by atoms with Gasteiger partial charge in [-0.2, -0.15) is 0 Å². The standard InChI is InChI=1S/C34H28N4O6/c1-3-43-29(39)33-34(30(40)44-4-2)37(31(41)35-33)21-27-25(17-15-23-11-7-5-8-12-23)19-20-26(18-16-24-13-9-6-10-14-24)28(27)22-38(34)32(42)36-33/h5-14,19-20H,3-4,21-22H2,1-2H3,(H,35,41)(H,36,42). The lowest BCUT2D eigenvalue weighted by molar-refractivity contribution is -0.178. The molecule has 44 heavy (non-hydrogen) atoms. The van der Waals surface area contributed by atoms with Crippen LogP contribution in [0.5, 0.6) is 0 Å². The van der Waals surface area contributed by atoms with E-state index < -0.39 is 35.3 Å². The molecule has 0 aromatic heterocycles. The van der Waals surface area contributed by atoms with Crippen LogP contribution in [0.25, 0.3) is 0 Å². The Labute approximate surface area is 254 Å². The number of carbonyl (C=O) groups is 4. The third-order valence-corrected chi connectivity index (χ3v) is 7.82. The smallest absolute Gasteiger partial charge is 0.358 e. The maximum atomic E-state index is 14.0. The molecule has 2 N–H and O–H groups in total. The van der Waals surface area contributed by atoms with Crippen molar-refractivity contribution in [1.29, 1.82) is 0 Å². The van der Waals surface area contributed by atoms with Gasteiger partial charge >= 0.3 is 24.0 Å². The first-order valence-electron chi connectivity index (χ1n) is 14.2. The summed E-state index contributed by atoms with van der Waals surface area (Å²) in [5.74, 6) is 10.8. The van der Waals surface area contributed by atoms with Gasteiger partial charge < -0.3 is 20.1 Å². The van der Waals surface area contributed by atoms with Gasteiger partial charge in [0, 0.05) is 22.3 Å². The highest BCUT2D eigenvalue weighted by Gasteiger charge is 2.82. The summed E-state index contributed by atoms with van der Waals surface area (Å²) in [6.07, 6.45) is 0. The molecule has 2 saturated heterocycles. The van der Waals surface area contributed by atoms with Crippen LogP contribution < -0.4 is 10.6 Å².